The summed E-state index contributed by atoms with van der Waals surface area (Å²) in [6.07, 6.45) is 0. The van der Waals surface area contributed by atoms with Gasteiger partial charge in [-0.1, -0.05) is 11.6 Å². The number of sulfonamides is 1. The first-order valence-electron chi connectivity index (χ1n) is 5.43. The molecule has 0 unspecified atom stereocenters. The average molecular weight is 398 g/mol. The number of benzene rings is 2. The molecule has 0 spiro atoms. The molecule has 0 atom stereocenters. The molecule has 2 aromatic carbocycles. The third-order valence-corrected chi connectivity index (χ3v) is 4.81. The van der Waals surface area contributed by atoms with Crippen molar-refractivity contribution in [3.8, 4) is 0 Å². The van der Waals surface area contributed by atoms with Crippen molar-refractivity contribution >= 4 is 48.9 Å². The Balaban J connectivity index is 2.51. The van der Waals surface area contributed by atoms with Gasteiger partial charge in [-0.15, -0.1) is 0 Å². The van der Waals surface area contributed by atoms with E-state index in [9.17, 15) is 17.2 Å². The first kappa shape index (κ1) is 16.0. The van der Waals surface area contributed by atoms with Crippen molar-refractivity contribution in [2.45, 2.75) is 4.90 Å². The molecule has 112 valence electrons. The van der Waals surface area contributed by atoms with Gasteiger partial charge in [0.05, 0.1) is 10.7 Å². The van der Waals surface area contributed by atoms with E-state index >= 15 is 0 Å². The fourth-order valence-corrected chi connectivity index (χ4v) is 3.52. The van der Waals surface area contributed by atoms with Crippen molar-refractivity contribution in [3.63, 3.8) is 0 Å². The van der Waals surface area contributed by atoms with E-state index in [0.717, 1.165) is 24.3 Å². The summed E-state index contributed by atoms with van der Waals surface area (Å²) in [5.41, 5.74) is 5.37. The average Bonchev–Trinajstić information content (AvgIpc) is 2.37. The Bertz CT molecular complexity index is 815. The smallest absolute Gasteiger partial charge is 0.264 e. The molecule has 0 aliphatic rings. The van der Waals surface area contributed by atoms with Gasteiger partial charge >= 0.3 is 0 Å². The van der Waals surface area contributed by atoms with Gasteiger partial charge in [-0.2, -0.15) is 0 Å². The molecule has 0 fully saturated rings. The van der Waals surface area contributed by atoms with Crippen molar-refractivity contribution in [1.82, 2.24) is 0 Å². The highest BCUT2D eigenvalue weighted by molar-refractivity contribution is 9.10. The molecule has 0 radical (unpaired) electrons. The summed E-state index contributed by atoms with van der Waals surface area (Å²) in [6, 6.07) is 5.42. The van der Waals surface area contributed by atoms with E-state index in [1.807, 2.05) is 0 Å². The van der Waals surface area contributed by atoms with Crippen molar-refractivity contribution in [1.29, 1.82) is 0 Å². The summed E-state index contributed by atoms with van der Waals surface area (Å²) < 4.78 is 53.8. The molecule has 0 aliphatic heterocycles. The van der Waals surface area contributed by atoms with Crippen LogP contribution < -0.4 is 10.5 Å². The Kier molecular flexibility index (Phi) is 4.40. The van der Waals surface area contributed by atoms with Crippen LogP contribution in [0, 0.1) is 11.6 Å². The molecule has 3 N–H and O–H groups in total. The molecule has 21 heavy (non-hydrogen) atoms. The molecular weight excluding hydrogens is 390 g/mol. The minimum atomic E-state index is -4.31. The lowest BCUT2D eigenvalue weighted by Gasteiger charge is -2.11. The van der Waals surface area contributed by atoms with Gasteiger partial charge in [0, 0.05) is 10.2 Å². The van der Waals surface area contributed by atoms with Crippen LogP contribution in [0.4, 0.5) is 20.2 Å². The third-order valence-electron chi connectivity index (χ3n) is 2.48. The predicted octanol–water partition coefficient (Wildman–Crippen LogP) is 3.76. The Morgan fingerprint density at radius 1 is 1.19 bits per heavy atom. The summed E-state index contributed by atoms with van der Waals surface area (Å²) in [4.78, 5) is -0.719. The first-order chi connectivity index (χ1) is 9.70. The maximum absolute atomic E-state index is 13.9. The summed E-state index contributed by atoms with van der Waals surface area (Å²) in [6.45, 7) is 0. The highest BCUT2D eigenvalue weighted by atomic mass is 79.9. The fourth-order valence-electron chi connectivity index (χ4n) is 1.55. The van der Waals surface area contributed by atoms with Gasteiger partial charge in [-0.25, -0.2) is 17.2 Å². The van der Waals surface area contributed by atoms with E-state index in [2.05, 4.69) is 20.7 Å². The van der Waals surface area contributed by atoms with Crippen LogP contribution in [0.5, 0.6) is 0 Å². The monoisotopic (exact) mass is 396 g/mol. The number of halogens is 4. The summed E-state index contributed by atoms with van der Waals surface area (Å²) >= 11 is 8.63. The molecule has 0 aromatic heterocycles. The van der Waals surface area contributed by atoms with Crippen LogP contribution in [0.15, 0.2) is 39.7 Å². The molecule has 0 heterocycles. The van der Waals surface area contributed by atoms with Crippen molar-refractivity contribution < 1.29 is 17.2 Å². The normalized spacial score (nSPS) is 11.4. The quantitative estimate of drug-likeness (QED) is 0.775. The maximum atomic E-state index is 13.9. The van der Waals surface area contributed by atoms with Gasteiger partial charge < -0.3 is 5.73 Å². The molecule has 0 bridgehead atoms. The minimum absolute atomic E-state index is 0.0138. The zero-order valence-corrected chi connectivity index (χ0v) is 13.4. The number of hydrogen-bond acceptors (Lipinski definition) is 3. The van der Waals surface area contributed by atoms with Crippen LogP contribution in [0.3, 0.4) is 0 Å². The van der Waals surface area contributed by atoms with Crippen LogP contribution in [-0.4, -0.2) is 8.42 Å². The molecule has 0 saturated carbocycles. The van der Waals surface area contributed by atoms with Gasteiger partial charge in [-0.3, -0.25) is 4.72 Å². The number of nitrogens with two attached hydrogens (primary N) is 1. The molecule has 2 rings (SSSR count). The highest BCUT2D eigenvalue weighted by Crippen LogP contribution is 2.30. The first-order valence-corrected chi connectivity index (χ1v) is 8.08. The second kappa shape index (κ2) is 5.78. The molecule has 0 amide bonds. The van der Waals surface area contributed by atoms with Crippen LogP contribution in [0.25, 0.3) is 0 Å². The molecule has 0 aliphatic carbocycles. The fraction of sp³-hybridized carbons (Fsp3) is 0. The highest BCUT2D eigenvalue weighted by Gasteiger charge is 2.23. The van der Waals surface area contributed by atoms with E-state index in [-0.39, 0.29) is 11.4 Å². The summed E-state index contributed by atoms with van der Waals surface area (Å²) in [5, 5.41) is -0.423. The van der Waals surface area contributed by atoms with E-state index < -0.39 is 31.6 Å². The SMILES string of the molecule is Nc1cc(Cl)c(F)c(S(=O)(=O)Nc2cc(F)ccc2Br)c1. The second-order valence-electron chi connectivity index (χ2n) is 4.04. The molecule has 9 heteroatoms. The zero-order chi connectivity index (χ0) is 15.8. The van der Waals surface area contributed by atoms with Gasteiger partial charge in [0.25, 0.3) is 10.0 Å². The predicted molar refractivity (Wildman–Crippen MR) is 80.7 cm³/mol. The van der Waals surface area contributed by atoms with E-state index in [1.165, 1.54) is 6.07 Å². The van der Waals surface area contributed by atoms with Gasteiger partial charge in [0.1, 0.15) is 10.7 Å². The molecule has 2 aromatic rings. The number of hydrogen-bond donors (Lipinski definition) is 2. The maximum Gasteiger partial charge on any atom is 0.264 e. The number of nitrogens with one attached hydrogen (secondary N) is 1. The van der Waals surface area contributed by atoms with Crippen LogP contribution in [-0.2, 0) is 10.0 Å². The van der Waals surface area contributed by atoms with Crippen LogP contribution >= 0.6 is 27.5 Å². The number of nitrogen functional groups attached to an aromatic ring is 1. The standard InChI is InChI=1S/C12H8BrClF2N2O2S/c13-8-2-1-6(15)3-10(8)18-21(19,20)11-5-7(17)4-9(14)12(11)16/h1-5,18H,17H2. The van der Waals surface area contributed by atoms with Crippen LogP contribution in [0.1, 0.15) is 0 Å². The van der Waals surface area contributed by atoms with Crippen LogP contribution in [0.2, 0.25) is 5.02 Å². The van der Waals surface area contributed by atoms with Gasteiger partial charge in [0.2, 0.25) is 0 Å². The number of anilines is 2. The molecule has 0 saturated heterocycles. The second-order valence-corrected chi connectivity index (χ2v) is 6.96. The van der Waals surface area contributed by atoms with Crippen molar-refractivity contribution in [3.05, 3.63) is 51.5 Å². The Labute approximate surface area is 133 Å². The third kappa shape index (κ3) is 3.45. The number of rotatable bonds is 3. The van der Waals surface area contributed by atoms with E-state index in [1.54, 1.807) is 0 Å². The summed E-state index contributed by atoms with van der Waals surface area (Å²) in [5.74, 6) is -1.78. The minimum Gasteiger partial charge on any atom is -0.399 e. The van der Waals surface area contributed by atoms with Crippen molar-refractivity contribution in [2.75, 3.05) is 10.5 Å². The molecule has 4 nitrogen and oxygen atoms in total. The largest absolute Gasteiger partial charge is 0.399 e. The Morgan fingerprint density at radius 2 is 1.86 bits per heavy atom. The molecular formula is C12H8BrClF2N2O2S. The Hall–Kier alpha value is -1.38. The van der Waals surface area contributed by atoms with E-state index in [4.69, 9.17) is 17.3 Å². The van der Waals surface area contributed by atoms with Crippen molar-refractivity contribution in [2.24, 2.45) is 0 Å². The lowest BCUT2D eigenvalue weighted by Crippen LogP contribution is -2.15. The van der Waals surface area contributed by atoms with Gasteiger partial charge in [0.15, 0.2) is 5.82 Å². The van der Waals surface area contributed by atoms with Gasteiger partial charge in [-0.05, 0) is 46.3 Å². The lowest BCUT2D eigenvalue weighted by molar-refractivity contribution is 0.571. The Morgan fingerprint density at radius 3 is 2.52 bits per heavy atom. The summed E-state index contributed by atoms with van der Waals surface area (Å²) in [7, 11) is -4.31. The van der Waals surface area contributed by atoms with E-state index in [0.29, 0.717) is 4.47 Å². The lowest BCUT2D eigenvalue weighted by atomic mass is 10.3. The zero-order valence-electron chi connectivity index (χ0n) is 10.2. The topological polar surface area (TPSA) is 72.2 Å².